The highest BCUT2D eigenvalue weighted by Gasteiger charge is 2.47. The first kappa shape index (κ1) is 12.4. The van der Waals surface area contributed by atoms with Crippen molar-refractivity contribution in [2.75, 3.05) is 19.8 Å². The van der Waals surface area contributed by atoms with Crippen LogP contribution in [0.3, 0.4) is 0 Å². The smallest absolute Gasteiger partial charge is 0.239 e. The molecule has 2 fully saturated rings. The molecule has 2 rings (SSSR count). The van der Waals surface area contributed by atoms with Gasteiger partial charge < -0.3 is 15.4 Å². The van der Waals surface area contributed by atoms with E-state index in [1.165, 1.54) is 13.3 Å². The van der Waals surface area contributed by atoms with E-state index in [-0.39, 0.29) is 29.8 Å². The zero-order valence-corrected chi connectivity index (χ0v) is 10.3. The molecule has 0 aromatic carbocycles. The molecule has 2 N–H and O–H groups in total. The number of hydrogen-bond donors (Lipinski definition) is 2. The number of ether oxygens (including phenoxy) is 1. The maximum Gasteiger partial charge on any atom is 0.239 e. The third-order valence-electron chi connectivity index (χ3n) is 3.99. The Morgan fingerprint density at radius 2 is 2.00 bits per heavy atom. The minimum atomic E-state index is -0.172. The maximum atomic E-state index is 11.6. The fraction of sp³-hybridized carbons (Fsp3) is 0.833. The molecule has 0 aromatic rings. The molecule has 0 bridgehead atoms. The second-order valence-corrected chi connectivity index (χ2v) is 5.04. The van der Waals surface area contributed by atoms with Gasteiger partial charge in [-0.05, 0) is 31.1 Å². The van der Waals surface area contributed by atoms with Crippen molar-refractivity contribution in [3.8, 4) is 0 Å². The molecular weight excluding hydrogens is 220 g/mol. The van der Waals surface area contributed by atoms with Crippen molar-refractivity contribution in [2.45, 2.75) is 38.6 Å². The number of carbonyl (C=O) groups excluding carboxylic acids is 2. The van der Waals surface area contributed by atoms with E-state index in [2.05, 4.69) is 10.6 Å². The molecule has 0 radical (unpaired) electrons. The van der Waals surface area contributed by atoms with Crippen LogP contribution in [-0.4, -0.2) is 37.6 Å². The molecule has 2 aliphatic rings. The summed E-state index contributed by atoms with van der Waals surface area (Å²) in [6.07, 6.45) is 4.31. The summed E-state index contributed by atoms with van der Waals surface area (Å²) in [5.74, 6) is -0.259. The largest absolute Gasteiger partial charge is 0.381 e. The molecule has 17 heavy (non-hydrogen) atoms. The molecular formula is C12H20N2O3. The summed E-state index contributed by atoms with van der Waals surface area (Å²) in [5, 5.41) is 5.54. The molecule has 1 heterocycles. The molecule has 1 unspecified atom stereocenters. The van der Waals surface area contributed by atoms with Crippen molar-refractivity contribution in [1.82, 2.24) is 10.6 Å². The van der Waals surface area contributed by atoms with Crippen LogP contribution in [0.15, 0.2) is 0 Å². The van der Waals surface area contributed by atoms with Gasteiger partial charge in [0.15, 0.2) is 0 Å². The van der Waals surface area contributed by atoms with Gasteiger partial charge in [0.25, 0.3) is 0 Å². The van der Waals surface area contributed by atoms with E-state index in [4.69, 9.17) is 4.74 Å². The van der Waals surface area contributed by atoms with Crippen molar-refractivity contribution in [3.05, 3.63) is 0 Å². The number of amides is 2. The van der Waals surface area contributed by atoms with E-state index in [9.17, 15) is 9.59 Å². The van der Waals surface area contributed by atoms with E-state index in [0.717, 1.165) is 32.5 Å². The number of carbonyl (C=O) groups is 2. The first-order valence-corrected chi connectivity index (χ1v) is 6.24. The van der Waals surface area contributed by atoms with Crippen molar-refractivity contribution in [2.24, 2.45) is 5.41 Å². The van der Waals surface area contributed by atoms with Crippen LogP contribution in [0.5, 0.6) is 0 Å². The molecule has 1 aliphatic carbocycles. The summed E-state index contributed by atoms with van der Waals surface area (Å²) in [5.41, 5.74) is 0.268. The van der Waals surface area contributed by atoms with Crippen LogP contribution in [-0.2, 0) is 14.3 Å². The zero-order chi connectivity index (χ0) is 12.3. The summed E-state index contributed by atoms with van der Waals surface area (Å²) in [7, 11) is 0. The van der Waals surface area contributed by atoms with E-state index in [1.807, 2.05) is 0 Å². The highest BCUT2D eigenvalue weighted by atomic mass is 16.5. The summed E-state index contributed by atoms with van der Waals surface area (Å²) < 4.78 is 5.36. The Morgan fingerprint density at radius 1 is 1.29 bits per heavy atom. The molecule has 1 aliphatic heterocycles. The SMILES string of the molecule is CC(=O)NCC(=O)NC1CCC12CCOCC2. The molecule has 5 nitrogen and oxygen atoms in total. The van der Waals surface area contributed by atoms with Crippen LogP contribution in [0.1, 0.15) is 32.6 Å². The predicted molar refractivity (Wildman–Crippen MR) is 62.3 cm³/mol. The Labute approximate surface area is 101 Å². The normalized spacial score (nSPS) is 26.1. The summed E-state index contributed by atoms with van der Waals surface area (Å²) in [4.78, 5) is 22.3. The molecule has 1 saturated heterocycles. The lowest BCUT2D eigenvalue weighted by atomic mass is 9.60. The van der Waals surface area contributed by atoms with Crippen molar-refractivity contribution < 1.29 is 14.3 Å². The average molecular weight is 240 g/mol. The Kier molecular flexibility index (Phi) is 3.66. The summed E-state index contributed by atoms with van der Waals surface area (Å²) in [6.45, 7) is 3.10. The highest BCUT2D eigenvalue weighted by molar-refractivity contribution is 5.83. The average Bonchev–Trinajstić information content (AvgIpc) is 2.33. The van der Waals surface area contributed by atoms with Crippen LogP contribution in [0.4, 0.5) is 0 Å². The van der Waals surface area contributed by atoms with Crippen LogP contribution in [0.2, 0.25) is 0 Å². The Hall–Kier alpha value is -1.10. The lowest BCUT2D eigenvalue weighted by Crippen LogP contribution is -2.58. The van der Waals surface area contributed by atoms with Crippen molar-refractivity contribution in [1.29, 1.82) is 0 Å². The van der Waals surface area contributed by atoms with Crippen LogP contribution in [0, 0.1) is 5.41 Å². The standard InChI is InChI=1S/C12H20N2O3/c1-9(15)13-8-11(16)14-10-2-3-12(10)4-6-17-7-5-12/h10H,2-8H2,1H3,(H,13,15)(H,14,16). The van der Waals surface area contributed by atoms with Gasteiger partial charge in [-0.3, -0.25) is 9.59 Å². The minimum Gasteiger partial charge on any atom is -0.381 e. The molecule has 1 spiro atoms. The lowest BCUT2D eigenvalue weighted by Gasteiger charge is -2.52. The van der Waals surface area contributed by atoms with Gasteiger partial charge in [0.1, 0.15) is 0 Å². The molecule has 2 amide bonds. The molecule has 96 valence electrons. The molecule has 1 saturated carbocycles. The monoisotopic (exact) mass is 240 g/mol. The summed E-state index contributed by atoms with van der Waals surface area (Å²) >= 11 is 0. The van der Waals surface area contributed by atoms with Gasteiger partial charge in [0.2, 0.25) is 11.8 Å². The fourth-order valence-corrected chi connectivity index (χ4v) is 2.75. The van der Waals surface area contributed by atoms with Crippen LogP contribution in [0.25, 0.3) is 0 Å². The first-order chi connectivity index (χ1) is 8.12. The third kappa shape index (κ3) is 2.77. The first-order valence-electron chi connectivity index (χ1n) is 6.24. The molecule has 5 heteroatoms. The number of nitrogens with one attached hydrogen (secondary N) is 2. The Morgan fingerprint density at radius 3 is 2.53 bits per heavy atom. The van der Waals surface area contributed by atoms with Crippen LogP contribution < -0.4 is 10.6 Å². The lowest BCUT2D eigenvalue weighted by molar-refractivity contribution is -0.128. The summed E-state index contributed by atoms with van der Waals surface area (Å²) in [6, 6.07) is 0.271. The van der Waals surface area contributed by atoms with Gasteiger partial charge >= 0.3 is 0 Å². The Balaban J connectivity index is 1.79. The van der Waals surface area contributed by atoms with Gasteiger partial charge in [-0.25, -0.2) is 0 Å². The van der Waals surface area contributed by atoms with Gasteiger partial charge in [-0.1, -0.05) is 0 Å². The van der Waals surface area contributed by atoms with Gasteiger partial charge in [-0.2, -0.15) is 0 Å². The number of hydrogen-bond acceptors (Lipinski definition) is 3. The molecule has 0 aromatic heterocycles. The Bertz CT molecular complexity index is 311. The molecule has 1 atom stereocenters. The minimum absolute atomic E-state index is 0.0818. The maximum absolute atomic E-state index is 11.6. The quantitative estimate of drug-likeness (QED) is 0.740. The van der Waals surface area contributed by atoms with E-state index < -0.39 is 0 Å². The van der Waals surface area contributed by atoms with Crippen molar-refractivity contribution >= 4 is 11.8 Å². The predicted octanol–water partition coefficient (Wildman–Crippen LogP) is 0.198. The van der Waals surface area contributed by atoms with Crippen molar-refractivity contribution in [3.63, 3.8) is 0 Å². The van der Waals surface area contributed by atoms with Gasteiger partial charge in [0, 0.05) is 26.2 Å². The highest BCUT2D eigenvalue weighted by Crippen LogP contribution is 2.48. The third-order valence-corrected chi connectivity index (χ3v) is 3.99. The van der Waals surface area contributed by atoms with Gasteiger partial charge in [0.05, 0.1) is 6.54 Å². The number of rotatable bonds is 3. The van der Waals surface area contributed by atoms with E-state index >= 15 is 0 Å². The van der Waals surface area contributed by atoms with Crippen LogP contribution >= 0.6 is 0 Å². The zero-order valence-electron chi connectivity index (χ0n) is 10.3. The van der Waals surface area contributed by atoms with E-state index in [1.54, 1.807) is 0 Å². The fourth-order valence-electron chi connectivity index (χ4n) is 2.75. The van der Waals surface area contributed by atoms with Gasteiger partial charge in [-0.15, -0.1) is 0 Å². The second kappa shape index (κ2) is 5.04. The topological polar surface area (TPSA) is 67.4 Å². The second-order valence-electron chi connectivity index (χ2n) is 5.04. The van der Waals surface area contributed by atoms with E-state index in [0.29, 0.717) is 0 Å².